The first-order valence-corrected chi connectivity index (χ1v) is 5.18. The van der Waals surface area contributed by atoms with E-state index in [0.29, 0.717) is 13.0 Å². The van der Waals surface area contributed by atoms with Gasteiger partial charge >= 0.3 is 0 Å². The normalized spacial score (nSPS) is 27.2. The van der Waals surface area contributed by atoms with Crippen molar-refractivity contribution in [1.29, 1.82) is 0 Å². The number of hydrogen-bond donors (Lipinski definition) is 2. The Kier molecular flexibility index (Phi) is 3.93. The van der Waals surface area contributed by atoms with Crippen molar-refractivity contribution < 1.29 is 9.90 Å². The quantitative estimate of drug-likeness (QED) is 0.787. The van der Waals surface area contributed by atoms with E-state index in [4.69, 9.17) is 0 Å². The van der Waals surface area contributed by atoms with Gasteiger partial charge in [0.15, 0.2) is 0 Å². The Bertz CT molecular complexity index is 218. The Morgan fingerprint density at radius 2 is 2.31 bits per heavy atom. The number of nitrogens with one attached hydrogen (secondary N) is 1. The van der Waals surface area contributed by atoms with Gasteiger partial charge in [0.25, 0.3) is 0 Å². The molecule has 2 unspecified atom stereocenters. The summed E-state index contributed by atoms with van der Waals surface area (Å²) < 4.78 is 0.763. The van der Waals surface area contributed by atoms with E-state index in [0.717, 1.165) is 17.3 Å². The second-order valence-corrected chi connectivity index (χ2v) is 4.52. The molecule has 1 rings (SSSR count). The molecule has 74 valence electrons. The Hall–Kier alpha value is -0.350. The third-order valence-electron chi connectivity index (χ3n) is 2.23. The summed E-state index contributed by atoms with van der Waals surface area (Å²) >= 11 is 3.16. The molecule has 1 fully saturated rings. The summed E-state index contributed by atoms with van der Waals surface area (Å²) in [5.74, 6) is 0.0130. The van der Waals surface area contributed by atoms with Crippen molar-refractivity contribution in [2.75, 3.05) is 6.54 Å². The molecular formula is C9H14BrNO2. The second-order valence-electron chi connectivity index (χ2n) is 3.40. The topological polar surface area (TPSA) is 49.3 Å². The summed E-state index contributed by atoms with van der Waals surface area (Å²) in [7, 11) is 0. The Labute approximate surface area is 86.3 Å². The first-order chi connectivity index (χ1) is 6.09. The predicted octanol–water partition coefficient (Wildman–Crippen LogP) is 1.17. The van der Waals surface area contributed by atoms with E-state index < -0.39 is 0 Å². The van der Waals surface area contributed by atoms with Crippen molar-refractivity contribution in [2.45, 2.75) is 25.4 Å². The lowest BCUT2D eigenvalue weighted by Gasteiger charge is -2.09. The van der Waals surface area contributed by atoms with Gasteiger partial charge in [-0.1, -0.05) is 22.5 Å². The fourth-order valence-electron chi connectivity index (χ4n) is 1.52. The number of rotatable bonds is 3. The van der Waals surface area contributed by atoms with Gasteiger partial charge in [0.1, 0.15) is 0 Å². The molecule has 0 aromatic carbocycles. The predicted molar refractivity (Wildman–Crippen MR) is 54.4 cm³/mol. The largest absolute Gasteiger partial charge is 0.393 e. The zero-order valence-corrected chi connectivity index (χ0v) is 9.01. The van der Waals surface area contributed by atoms with Gasteiger partial charge in [0, 0.05) is 16.9 Å². The summed E-state index contributed by atoms with van der Waals surface area (Å²) in [6.45, 7) is 4.08. The lowest BCUT2D eigenvalue weighted by molar-refractivity contribution is -0.124. The van der Waals surface area contributed by atoms with E-state index in [2.05, 4.69) is 27.8 Å². The van der Waals surface area contributed by atoms with Gasteiger partial charge in [-0.3, -0.25) is 4.79 Å². The van der Waals surface area contributed by atoms with Crippen LogP contribution in [0.5, 0.6) is 0 Å². The summed E-state index contributed by atoms with van der Waals surface area (Å²) in [5, 5.41) is 12.0. The van der Waals surface area contributed by atoms with Crippen LogP contribution in [0.4, 0.5) is 0 Å². The van der Waals surface area contributed by atoms with E-state index in [-0.39, 0.29) is 17.9 Å². The van der Waals surface area contributed by atoms with E-state index in [1.54, 1.807) is 0 Å². The average molecular weight is 248 g/mol. The van der Waals surface area contributed by atoms with Crippen molar-refractivity contribution in [3.63, 3.8) is 0 Å². The van der Waals surface area contributed by atoms with Crippen LogP contribution in [-0.4, -0.2) is 23.7 Å². The maximum Gasteiger partial charge on any atom is 0.223 e. The van der Waals surface area contributed by atoms with Crippen molar-refractivity contribution in [3.8, 4) is 0 Å². The van der Waals surface area contributed by atoms with Gasteiger partial charge in [-0.25, -0.2) is 0 Å². The number of carbonyl (C=O) groups excluding carboxylic acids is 1. The summed E-state index contributed by atoms with van der Waals surface area (Å²) in [6, 6.07) is 0. The monoisotopic (exact) mass is 247 g/mol. The third kappa shape index (κ3) is 3.48. The molecule has 0 aromatic rings. The lowest BCUT2D eigenvalue weighted by Crippen LogP contribution is -2.30. The SMILES string of the molecule is C=C(Br)CNC(=O)C1CCC(O)C1. The molecule has 2 N–H and O–H groups in total. The maximum absolute atomic E-state index is 11.4. The van der Waals surface area contributed by atoms with E-state index in [1.807, 2.05) is 0 Å². The molecule has 1 aliphatic rings. The molecule has 0 aliphatic heterocycles. The Balaban J connectivity index is 2.27. The van der Waals surface area contributed by atoms with Gasteiger partial charge in [-0.15, -0.1) is 0 Å². The first kappa shape index (κ1) is 10.7. The van der Waals surface area contributed by atoms with Crippen molar-refractivity contribution in [1.82, 2.24) is 5.32 Å². The molecule has 4 heteroatoms. The highest BCUT2D eigenvalue weighted by Gasteiger charge is 2.28. The van der Waals surface area contributed by atoms with Crippen LogP contribution in [0.1, 0.15) is 19.3 Å². The van der Waals surface area contributed by atoms with Crippen molar-refractivity contribution in [3.05, 3.63) is 11.1 Å². The maximum atomic E-state index is 11.4. The van der Waals surface area contributed by atoms with Gasteiger partial charge in [0.2, 0.25) is 5.91 Å². The molecule has 0 saturated heterocycles. The molecule has 1 aliphatic carbocycles. The van der Waals surface area contributed by atoms with Crippen LogP contribution < -0.4 is 5.32 Å². The van der Waals surface area contributed by atoms with Crippen LogP contribution in [0, 0.1) is 5.92 Å². The van der Waals surface area contributed by atoms with E-state index in [9.17, 15) is 9.90 Å². The molecule has 0 bridgehead atoms. The van der Waals surface area contributed by atoms with E-state index in [1.165, 1.54) is 0 Å². The zero-order valence-electron chi connectivity index (χ0n) is 7.42. The highest BCUT2D eigenvalue weighted by Crippen LogP contribution is 2.25. The zero-order chi connectivity index (χ0) is 9.84. The number of hydrogen-bond acceptors (Lipinski definition) is 2. The summed E-state index contributed by atoms with van der Waals surface area (Å²) in [6.07, 6.45) is 1.85. The van der Waals surface area contributed by atoms with Crippen LogP contribution in [0.2, 0.25) is 0 Å². The van der Waals surface area contributed by atoms with Gasteiger partial charge in [-0.05, 0) is 19.3 Å². The van der Waals surface area contributed by atoms with Gasteiger partial charge in [-0.2, -0.15) is 0 Å². The molecule has 1 amide bonds. The molecule has 0 radical (unpaired) electrons. The smallest absolute Gasteiger partial charge is 0.223 e. The number of halogens is 1. The van der Waals surface area contributed by atoms with Crippen LogP contribution in [-0.2, 0) is 4.79 Å². The van der Waals surface area contributed by atoms with Crippen molar-refractivity contribution >= 4 is 21.8 Å². The van der Waals surface area contributed by atoms with Crippen molar-refractivity contribution in [2.24, 2.45) is 5.92 Å². The molecular weight excluding hydrogens is 234 g/mol. The molecule has 0 aromatic heterocycles. The van der Waals surface area contributed by atoms with Crippen LogP contribution in [0.15, 0.2) is 11.1 Å². The molecule has 0 heterocycles. The van der Waals surface area contributed by atoms with Crippen LogP contribution >= 0.6 is 15.9 Å². The molecule has 1 saturated carbocycles. The number of aliphatic hydroxyl groups excluding tert-OH is 1. The molecule has 13 heavy (non-hydrogen) atoms. The fourth-order valence-corrected chi connectivity index (χ4v) is 1.66. The first-order valence-electron chi connectivity index (χ1n) is 4.38. The Morgan fingerprint density at radius 3 is 2.77 bits per heavy atom. The number of carbonyl (C=O) groups is 1. The lowest BCUT2D eigenvalue weighted by atomic mass is 10.1. The molecule has 3 nitrogen and oxygen atoms in total. The summed E-state index contributed by atoms with van der Waals surface area (Å²) in [4.78, 5) is 11.4. The van der Waals surface area contributed by atoms with Crippen LogP contribution in [0.3, 0.4) is 0 Å². The minimum atomic E-state index is -0.289. The van der Waals surface area contributed by atoms with E-state index >= 15 is 0 Å². The number of aliphatic hydroxyl groups is 1. The molecule has 0 spiro atoms. The molecule has 2 atom stereocenters. The third-order valence-corrected chi connectivity index (χ3v) is 2.51. The van der Waals surface area contributed by atoms with Gasteiger partial charge in [0.05, 0.1) is 6.10 Å². The number of amides is 1. The standard InChI is InChI=1S/C9H14BrNO2/c1-6(10)5-11-9(13)7-2-3-8(12)4-7/h7-8,12H,1-5H2,(H,11,13). The van der Waals surface area contributed by atoms with Gasteiger partial charge < -0.3 is 10.4 Å². The minimum absolute atomic E-state index is 0.0122. The average Bonchev–Trinajstić information content (AvgIpc) is 2.47. The highest BCUT2D eigenvalue weighted by molar-refractivity contribution is 9.11. The second kappa shape index (κ2) is 4.77. The minimum Gasteiger partial charge on any atom is -0.393 e. The fraction of sp³-hybridized carbons (Fsp3) is 0.667. The Morgan fingerprint density at radius 1 is 1.62 bits per heavy atom. The highest BCUT2D eigenvalue weighted by atomic mass is 79.9. The van der Waals surface area contributed by atoms with Crippen LogP contribution in [0.25, 0.3) is 0 Å². The summed E-state index contributed by atoms with van der Waals surface area (Å²) in [5.41, 5.74) is 0.